The fourth-order valence-electron chi connectivity index (χ4n) is 2.56. The highest BCUT2D eigenvalue weighted by atomic mass is 16.5. The average molecular weight is 402 g/mol. The van der Waals surface area contributed by atoms with E-state index in [1.807, 2.05) is 0 Å². The largest absolute Gasteiger partial charge is 0.507 e. The van der Waals surface area contributed by atoms with E-state index < -0.39 is 11.8 Å². The molecule has 3 aromatic carbocycles. The van der Waals surface area contributed by atoms with Crippen molar-refractivity contribution in [2.45, 2.75) is 6.61 Å². The molecule has 30 heavy (non-hydrogen) atoms. The minimum Gasteiger partial charge on any atom is -0.507 e. The van der Waals surface area contributed by atoms with Crippen LogP contribution in [0.5, 0.6) is 11.5 Å². The van der Waals surface area contributed by atoms with Crippen LogP contribution in [-0.4, -0.2) is 22.0 Å². The molecule has 0 fully saturated rings. The number of benzene rings is 3. The SMILES string of the molecule is C=CC(=O)OCc1ccc(/N=N/c2cc(C(=O)c3ccccc3)c(O)cc2O)cc1. The molecule has 0 aliphatic heterocycles. The van der Waals surface area contributed by atoms with Crippen LogP contribution in [0.15, 0.2) is 89.6 Å². The summed E-state index contributed by atoms with van der Waals surface area (Å²) in [4.78, 5) is 23.7. The van der Waals surface area contributed by atoms with E-state index in [2.05, 4.69) is 16.8 Å². The number of ether oxygens (including phenoxy) is 1. The number of hydrogen-bond acceptors (Lipinski definition) is 7. The Hall–Kier alpha value is -4.26. The third kappa shape index (κ3) is 4.96. The van der Waals surface area contributed by atoms with Crippen molar-refractivity contribution in [3.63, 3.8) is 0 Å². The van der Waals surface area contributed by atoms with E-state index in [1.165, 1.54) is 6.07 Å². The van der Waals surface area contributed by atoms with Crippen molar-refractivity contribution in [3.05, 3.63) is 96.1 Å². The van der Waals surface area contributed by atoms with Crippen LogP contribution in [0.4, 0.5) is 11.4 Å². The second kappa shape index (κ2) is 9.29. The molecule has 0 unspecified atom stereocenters. The molecule has 7 nitrogen and oxygen atoms in total. The summed E-state index contributed by atoms with van der Waals surface area (Å²) in [6, 6.07) is 17.6. The van der Waals surface area contributed by atoms with Gasteiger partial charge >= 0.3 is 5.97 Å². The second-order valence-electron chi connectivity index (χ2n) is 6.23. The molecule has 0 atom stereocenters. The van der Waals surface area contributed by atoms with Crippen LogP contribution in [0.2, 0.25) is 0 Å². The van der Waals surface area contributed by atoms with Gasteiger partial charge in [0.1, 0.15) is 23.8 Å². The van der Waals surface area contributed by atoms with E-state index in [1.54, 1.807) is 54.6 Å². The molecule has 0 spiro atoms. The molecular formula is C23H18N2O5. The highest BCUT2D eigenvalue weighted by Gasteiger charge is 2.16. The molecule has 0 saturated heterocycles. The molecule has 0 aromatic heterocycles. The number of azo groups is 1. The van der Waals surface area contributed by atoms with Gasteiger partial charge in [0.05, 0.1) is 11.3 Å². The Morgan fingerprint density at radius 2 is 1.63 bits per heavy atom. The average Bonchev–Trinajstić information content (AvgIpc) is 2.77. The Bertz CT molecular complexity index is 1110. The summed E-state index contributed by atoms with van der Waals surface area (Å²) in [6.45, 7) is 3.43. The lowest BCUT2D eigenvalue weighted by molar-refractivity contribution is -0.138. The van der Waals surface area contributed by atoms with Crippen LogP contribution >= 0.6 is 0 Å². The Morgan fingerprint density at radius 3 is 2.30 bits per heavy atom. The quantitative estimate of drug-likeness (QED) is 0.251. The number of phenols is 2. The van der Waals surface area contributed by atoms with E-state index in [0.717, 1.165) is 17.7 Å². The number of hydrogen-bond donors (Lipinski definition) is 2. The number of ketones is 1. The summed E-state index contributed by atoms with van der Waals surface area (Å²) in [6.07, 6.45) is 1.09. The number of phenolic OH excluding ortho intramolecular Hbond substituents is 2. The van der Waals surface area contributed by atoms with Crippen molar-refractivity contribution in [2.75, 3.05) is 0 Å². The van der Waals surface area contributed by atoms with Gasteiger partial charge in [-0.05, 0) is 23.8 Å². The fourth-order valence-corrected chi connectivity index (χ4v) is 2.56. The van der Waals surface area contributed by atoms with Gasteiger partial charge in [0.25, 0.3) is 0 Å². The van der Waals surface area contributed by atoms with Crippen LogP contribution in [0, 0.1) is 0 Å². The van der Waals surface area contributed by atoms with Crippen LogP contribution in [-0.2, 0) is 16.1 Å². The highest BCUT2D eigenvalue weighted by Crippen LogP contribution is 2.35. The summed E-state index contributed by atoms with van der Waals surface area (Å²) in [5.41, 5.74) is 1.68. The maximum Gasteiger partial charge on any atom is 0.330 e. The first-order valence-corrected chi connectivity index (χ1v) is 8.93. The van der Waals surface area contributed by atoms with Crippen molar-refractivity contribution >= 4 is 23.1 Å². The van der Waals surface area contributed by atoms with Crippen LogP contribution in [0.3, 0.4) is 0 Å². The summed E-state index contributed by atoms with van der Waals surface area (Å²) >= 11 is 0. The van der Waals surface area contributed by atoms with Crippen molar-refractivity contribution < 1.29 is 24.5 Å². The Balaban J connectivity index is 1.79. The third-order valence-corrected chi connectivity index (χ3v) is 4.13. The monoisotopic (exact) mass is 402 g/mol. The summed E-state index contributed by atoms with van der Waals surface area (Å²) in [5.74, 6) is -1.57. The van der Waals surface area contributed by atoms with Crippen LogP contribution < -0.4 is 0 Å². The molecule has 2 N–H and O–H groups in total. The van der Waals surface area contributed by atoms with E-state index in [0.29, 0.717) is 11.3 Å². The van der Waals surface area contributed by atoms with Gasteiger partial charge in [-0.15, -0.1) is 5.11 Å². The molecule has 0 radical (unpaired) electrons. The molecule has 0 aliphatic rings. The van der Waals surface area contributed by atoms with Gasteiger partial charge in [-0.2, -0.15) is 5.11 Å². The number of carbonyl (C=O) groups is 2. The summed E-state index contributed by atoms with van der Waals surface area (Å²) in [5, 5.41) is 28.2. The van der Waals surface area contributed by atoms with Gasteiger partial charge in [0, 0.05) is 17.7 Å². The molecule has 0 aliphatic carbocycles. The normalized spacial score (nSPS) is 10.7. The Kier molecular flexibility index (Phi) is 6.34. The first-order chi connectivity index (χ1) is 14.5. The lowest BCUT2D eigenvalue weighted by Crippen LogP contribution is -2.01. The lowest BCUT2D eigenvalue weighted by Gasteiger charge is -2.07. The predicted molar refractivity (Wildman–Crippen MR) is 110 cm³/mol. The van der Waals surface area contributed by atoms with Crippen LogP contribution in [0.25, 0.3) is 0 Å². The van der Waals surface area contributed by atoms with Crippen molar-refractivity contribution in [3.8, 4) is 11.5 Å². The lowest BCUT2D eigenvalue weighted by atomic mass is 10.0. The fraction of sp³-hybridized carbons (Fsp3) is 0.0435. The standard InChI is InChI=1S/C23H18N2O5/c1-2-22(28)30-14-15-8-10-17(11-9-15)24-25-19-12-18(20(26)13-21(19)27)23(29)16-6-4-3-5-7-16/h2-13,26-27H,1,14H2/b25-24+. The number of rotatable bonds is 7. The van der Waals surface area contributed by atoms with Gasteiger partial charge in [0.2, 0.25) is 0 Å². The van der Waals surface area contributed by atoms with Gasteiger partial charge in [0.15, 0.2) is 5.78 Å². The molecule has 0 bridgehead atoms. The molecule has 7 heteroatoms. The first kappa shape index (κ1) is 20.5. The van der Waals surface area contributed by atoms with Crippen molar-refractivity contribution in [1.29, 1.82) is 0 Å². The van der Waals surface area contributed by atoms with Crippen molar-refractivity contribution in [2.24, 2.45) is 10.2 Å². The molecule has 3 rings (SSSR count). The molecule has 150 valence electrons. The van der Waals surface area contributed by atoms with E-state index >= 15 is 0 Å². The zero-order chi connectivity index (χ0) is 21.5. The Morgan fingerprint density at radius 1 is 0.933 bits per heavy atom. The number of nitrogens with zero attached hydrogens (tertiary/aromatic N) is 2. The first-order valence-electron chi connectivity index (χ1n) is 8.93. The third-order valence-electron chi connectivity index (χ3n) is 4.13. The maximum atomic E-state index is 12.6. The maximum absolute atomic E-state index is 12.6. The highest BCUT2D eigenvalue weighted by molar-refractivity contribution is 6.11. The van der Waals surface area contributed by atoms with Crippen molar-refractivity contribution in [1.82, 2.24) is 0 Å². The zero-order valence-corrected chi connectivity index (χ0v) is 15.9. The van der Waals surface area contributed by atoms with Gasteiger partial charge in [-0.3, -0.25) is 4.79 Å². The minimum absolute atomic E-state index is 0.00679. The van der Waals surface area contributed by atoms with E-state index in [4.69, 9.17) is 4.74 Å². The molecule has 0 saturated carbocycles. The number of esters is 1. The topological polar surface area (TPSA) is 109 Å². The summed E-state index contributed by atoms with van der Waals surface area (Å²) in [7, 11) is 0. The van der Waals surface area contributed by atoms with Gasteiger partial charge < -0.3 is 14.9 Å². The minimum atomic E-state index is -0.512. The van der Waals surface area contributed by atoms with Crippen LogP contribution in [0.1, 0.15) is 21.5 Å². The molecular weight excluding hydrogens is 384 g/mol. The van der Waals surface area contributed by atoms with E-state index in [-0.39, 0.29) is 29.4 Å². The zero-order valence-electron chi connectivity index (χ0n) is 15.9. The summed E-state index contributed by atoms with van der Waals surface area (Å²) < 4.78 is 4.95. The molecule has 0 amide bonds. The number of aromatic hydroxyl groups is 2. The molecule has 3 aromatic rings. The van der Waals surface area contributed by atoms with Gasteiger partial charge in [-0.25, -0.2) is 4.79 Å². The van der Waals surface area contributed by atoms with Gasteiger partial charge in [-0.1, -0.05) is 49.0 Å². The van der Waals surface area contributed by atoms with E-state index in [9.17, 15) is 19.8 Å². The molecule has 0 heterocycles. The smallest absolute Gasteiger partial charge is 0.330 e. The second-order valence-corrected chi connectivity index (χ2v) is 6.23. The Labute approximate surface area is 172 Å². The predicted octanol–water partition coefficient (Wildman–Crippen LogP) is 4.97. The number of carbonyl (C=O) groups excluding carboxylic acids is 2.